The van der Waals surface area contributed by atoms with E-state index in [1.165, 1.54) is 0 Å². The zero-order chi connectivity index (χ0) is 15.5. The van der Waals surface area contributed by atoms with E-state index in [1.807, 2.05) is 25.1 Å². The van der Waals surface area contributed by atoms with Crippen molar-refractivity contribution in [3.8, 4) is 5.75 Å². The first-order valence-electron chi connectivity index (χ1n) is 6.65. The first-order chi connectivity index (χ1) is 10.2. The van der Waals surface area contributed by atoms with E-state index in [0.717, 1.165) is 42.0 Å². The van der Waals surface area contributed by atoms with Gasteiger partial charge in [-0.05, 0) is 43.8 Å². The van der Waals surface area contributed by atoms with Gasteiger partial charge in [0.15, 0.2) is 5.11 Å². The van der Waals surface area contributed by atoms with Gasteiger partial charge in [0.05, 0.1) is 13.3 Å². The van der Waals surface area contributed by atoms with Crippen LogP contribution < -0.4 is 15.5 Å². The van der Waals surface area contributed by atoms with Crippen LogP contribution in [0.25, 0.3) is 0 Å². The fraction of sp³-hybridized carbons (Fsp3) is 0.429. The minimum Gasteiger partial charge on any atom is -0.496 e. The van der Waals surface area contributed by atoms with Gasteiger partial charge in [0.25, 0.3) is 0 Å². The molecule has 0 saturated heterocycles. The second-order valence-electron chi connectivity index (χ2n) is 4.06. The van der Waals surface area contributed by atoms with E-state index in [9.17, 15) is 0 Å². The maximum Gasteiger partial charge on any atom is 0.186 e. The number of thiocarbonyl (C=S) groups is 1. The van der Waals surface area contributed by atoms with Crippen LogP contribution in [0, 0.1) is 0 Å². The summed E-state index contributed by atoms with van der Waals surface area (Å²) < 4.78 is 11.5. The average Bonchev–Trinajstić information content (AvgIpc) is 2.47. The Kier molecular flexibility index (Phi) is 8.96. The molecule has 1 aromatic carbocycles. The summed E-state index contributed by atoms with van der Waals surface area (Å²) in [5.41, 5.74) is 3.63. The highest BCUT2D eigenvalue weighted by Gasteiger charge is 2.00. The second-order valence-corrected chi connectivity index (χ2v) is 5.39. The Morgan fingerprint density at radius 2 is 2.29 bits per heavy atom. The van der Waals surface area contributed by atoms with Crippen molar-refractivity contribution in [2.45, 2.75) is 13.3 Å². The van der Waals surface area contributed by atoms with Crippen molar-refractivity contribution in [3.05, 3.63) is 28.2 Å². The molecule has 0 unspecified atom stereocenters. The third-order valence-corrected chi connectivity index (χ3v) is 3.25. The summed E-state index contributed by atoms with van der Waals surface area (Å²) >= 11 is 8.53. The van der Waals surface area contributed by atoms with Crippen molar-refractivity contribution in [1.29, 1.82) is 0 Å². The summed E-state index contributed by atoms with van der Waals surface area (Å²) in [5, 5.41) is 7.63. The summed E-state index contributed by atoms with van der Waals surface area (Å²) in [6.45, 7) is 4.19. The predicted octanol–water partition coefficient (Wildman–Crippen LogP) is 2.68. The Bertz CT molecular complexity index is 483. The minimum absolute atomic E-state index is 0.483. The predicted molar refractivity (Wildman–Crippen MR) is 93.1 cm³/mol. The zero-order valence-corrected chi connectivity index (χ0v) is 14.6. The van der Waals surface area contributed by atoms with Crippen LogP contribution in [0.1, 0.15) is 18.9 Å². The van der Waals surface area contributed by atoms with E-state index in [4.69, 9.17) is 21.7 Å². The highest BCUT2D eigenvalue weighted by Crippen LogP contribution is 2.21. The number of rotatable bonds is 8. The van der Waals surface area contributed by atoms with Crippen LogP contribution in [0.15, 0.2) is 27.8 Å². The molecule has 0 aliphatic heterocycles. The summed E-state index contributed by atoms with van der Waals surface area (Å²) in [6.07, 6.45) is 2.57. The topological polar surface area (TPSA) is 54.9 Å². The third kappa shape index (κ3) is 7.40. The van der Waals surface area contributed by atoms with Crippen LogP contribution in [-0.4, -0.2) is 38.2 Å². The third-order valence-electron chi connectivity index (χ3n) is 2.52. The van der Waals surface area contributed by atoms with Crippen molar-refractivity contribution < 1.29 is 9.47 Å². The molecule has 0 atom stereocenters. The molecule has 0 aliphatic carbocycles. The molecule has 0 radical (unpaired) electrons. The van der Waals surface area contributed by atoms with Crippen LogP contribution in [-0.2, 0) is 4.74 Å². The molecule has 116 valence electrons. The number of benzene rings is 1. The molecule has 1 aromatic rings. The maximum atomic E-state index is 5.26. The SMILES string of the molecule is CCOCCCNC(=S)N/N=C\c1cc(Br)ccc1OC. The van der Waals surface area contributed by atoms with Gasteiger partial charge >= 0.3 is 0 Å². The van der Waals surface area contributed by atoms with E-state index in [1.54, 1.807) is 13.3 Å². The fourth-order valence-corrected chi connectivity index (χ4v) is 2.06. The standard InChI is InChI=1S/C14H20BrN3O2S/c1-3-20-8-4-7-16-14(21)18-17-10-11-9-12(15)5-6-13(11)19-2/h5-6,9-10H,3-4,7-8H2,1-2H3,(H2,16,18,21)/b17-10-. The number of hydrogen-bond acceptors (Lipinski definition) is 4. The molecule has 5 nitrogen and oxygen atoms in total. The van der Waals surface area contributed by atoms with Gasteiger partial charge < -0.3 is 14.8 Å². The van der Waals surface area contributed by atoms with Crippen molar-refractivity contribution in [2.24, 2.45) is 5.10 Å². The molecule has 0 aromatic heterocycles. The molecule has 0 amide bonds. The maximum absolute atomic E-state index is 5.26. The summed E-state index contributed by atoms with van der Waals surface area (Å²) in [7, 11) is 1.62. The van der Waals surface area contributed by atoms with E-state index in [-0.39, 0.29) is 0 Å². The smallest absolute Gasteiger partial charge is 0.186 e. The quantitative estimate of drug-likeness (QED) is 0.317. The first kappa shape index (κ1) is 17.9. The van der Waals surface area contributed by atoms with Crippen molar-refractivity contribution >= 4 is 39.5 Å². The monoisotopic (exact) mass is 373 g/mol. The van der Waals surface area contributed by atoms with Crippen LogP contribution >= 0.6 is 28.1 Å². The second kappa shape index (κ2) is 10.5. The molecule has 0 saturated carbocycles. The van der Waals surface area contributed by atoms with E-state index >= 15 is 0 Å². The lowest BCUT2D eigenvalue weighted by atomic mass is 10.2. The van der Waals surface area contributed by atoms with E-state index < -0.39 is 0 Å². The first-order valence-corrected chi connectivity index (χ1v) is 7.85. The molecule has 1 rings (SSSR count). The normalized spacial score (nSPS) is 10.6. The van der Waals surface area contributed by atoms with Crippen LogP contribution in [0.5, 0.6) is 5.75 Å². The van der Waals surface area contributed by atoms with Gasteiger partial charge in [-0.25, -0.2) is 0 Å². The number of hydrazone groups is 1. The molecular formula is C14H20BrN3O2S. The number of methoxy groups -OCH3 is 1. The van der Waals surface area contributed by atoms with Gasteiger partial charge in [-0.1, -0.05) is 15.9 Å². The van der Waals surface area contributed by atoms with Gasteiger partial charge in [-0.3, -0.25) is 5.43 Å². The molecule has 7 heteroatoms. The molecular weight excluding hydrogens is 354 g/mol. The summed E-state index contributed by atoms with van der Waals surface area (Å²) in [6, 6.07) is 5.70. The van der Waals surface area contributed by atoms with Gasteiger partial charge in [-0.2, -0.15) is 5.10 Å². The Hall–Kier alpha value is -1.18. The number of ether oxygens (including phenoxy) is 2. The van der Waals surface area contributed by atoms with Crippen LogP contribution in [0.3, 0.4) is 0 Å². The molecule has 0 aliphatic rings. The lowest BCUT2D eigenvalue weighted by Crippen LogP contribution is -2.33. The van der Waals surface area contributed by atoms with Gasteiger partial charge in [0.1, 0.15) is 5.75 Å². The fourth-order valence-electron chi connectivity index (χ4n) is 1.53. The Balaban J connectivity index is 2.37. The van der Waals surface area contributed by atoms with Crippen molar-refractivity contribution in [1.82, 2.24) is 10.7 Å². The van der Waals surface area contributed by atoms with Gasteiger partial charge in [0.2, 0.25) is 0 Å². The van der Waals surface area contributed by atoms with Crippen LogP contribution in [0.2, 0.25) is 0 Å². The Morgan fingerprint density at radius 3 is 3.00 bits per heavy atom. The van der Waals surface area contributed by atoms with E-state index in [2.05, 4.69) is 31.8 Å². The Labute approximate surface area is 139 Å². The molecule has 21 heavy (non-hydrogen) atoms. The zero-order valence-electron chi connectivity index (χ0n) is 12.2. The summed E-state index contributed by atoms with van der Waals surface area (Å²) in [4.78, 5) is 0. The highest BCUT2D eigenvalue weighted by atomic mass is 79.9. The number of hydrogen-bond donors (Lipinski definition) is 2. The summed E-state index contributed by atoms with van der Waals surface area (Å²) in [5.74, 6) is 0.749. The highest BCUT2D eigenvalue weighted by molar-refractivity contribution is 9.10. The molecule has 2 N–H and O–H groups in total. The average molecular weight is 374 g/mol. The molecule has 0 heterocycles. The van der Waals surface area contributed by atoms with Crippen molar-refractivity contribution in [3.63, 3.8) is 0 Å². The molecule has 0 bridgehead atoms. The minimum atomic E-state index is 0.483. The van der Waals surface area contributed by atoms with E-state index in [0.29, 0.717) is 5.11 Å². The molecule has 0 fully saturated rings. The lowest BCUT2D eigenvalue weighted by Gasteiger charge is -2.07. The van der Waals surface area contributed by atoms with Gasteiger partial charge in [-0.15, -0.1) is 0 Å². The largest absolute Gasteiger partial charge is 0.496 e. The lowest BCUT2D eigenvalue weighted by molar-refractivity contribution is 0.145. The number of nitrogens with one attached hydrogen (secondary N) is 2. The molecule has 0 spiro atoms. The number of nitrogens with zero attached hydrogens (tertiary/aromatic N) is 1. The van der Waals surface area contributed by atoms with Gasteiger partial charge in [0, 0.05) is 29.8 Å². The van der Waals surface area contributed by atoms with Crippen LogP contribution in [0.4, 0.5) is 0 Å². The van der Waals surface area contributed by atoms with Crippen molar-refractivity contribution in [2.75, 3.05) is 26.9 Å². The number of halogens is 1. The Morgan fingerprint density at radius 1 is 1.48 bits per heavy atom.